The molecule has 2 aliphatic heterocycles. The number of carbonyl (C=O) groups is 2. The molecule has 0 bridgehead atoms. The van der Waals surface area contributed by atoms with Crippen LogP contribution in [-0.4, -0.2) is 68.3 Å². The van der Waals surface area contributed by atoms with Crippen molar-refractivity contribution in [1.82, 2.24) is 9.21 Å². The topological polar surface area (TPSA) is 110 Å². The van der Waals surface area contributed by atoms with Crippen LogP contribution in [0, 0.1) is 6.92 Å². The summed E-state index contributed by atoms with van der Waals surface area (Å²) in [7, 11) is -3.64. The zero-order chi connectivity index (χ0) is 19.6. The summed E-state index contributed by atoms with van der Waals surface area (Å²) in [5, 5.41) is 0. The maximum absolute atomic E-state index is 13.0. The number of morpholine rings is 1. The first-order chi connectivity index (χ1) is 12.8. The number of primary amides is 1. The van der Waals surface area contributed by atoms with Crippen molar-refractivity contribution in [2.24, 2.45) is 5.73 Å². The fourth-order valence-electron chi connectivity index (χ4n) is 3.44. The lowest BCUT2D eigenvalue weighted by Crippen LogP contribution is -2.50. The highest BCUT2D eigenvalue weighted by Crippen LogP contribution is 2.25. The number of hydrogen-bond acceptors (Lipinski definition) is 5. The highest BCUT2D eigenvalue weighted by Gasteiger charge is 2.31. The van der Waals surface area contributed by atoms with Gasteiger partial charge in [-0.2, -0.15) is 4.31 Å². The van der Waals surface area contributed by atoms with Gasteiger partial charge >= 0.3 is 0 Å². The molecule has 0 spiro atoms. The largest absolute Gasteiger partial charge is 0.367 e. The van der Waals surface area contributed by atoms with Crippen LogP contribution in [-0.2, 0) is 19.6 Å². The Bertz CT molecular complexity index is 833. The second-order valence-corrected chi connectivity index (χ2v) is 8.86. The Morgan fingerprint density at radius 3 is 2.52 bits per heavy atom. The van der Waals surface area contributed by atoms with E-state index in [-0.39, 0.29) is 29.5 Å². The summed E-state index contributed by atoms with van der Waals surface area (Å²) in [6.07, 6.45) is 1.88. The zero-order valence-electron chi connectivity index (χ0n) is 15.4. The first-order valence-electron chi connectivity index (χ1n) is 9.11. The fraction of sp³-hybridized carbons (Fsp3) is 0.556. The summed E-state index contributed by atoms with van der Waals surface area (Å²) in [5.41, 5.74) is 6.15. The fourth-order valence-corrected chi connectivity index (χ4v) is 5.21. The van der Waals surface area contributed by atoms with Crippen LogP contribution in [0.2, 0.25) is 0 Å². The molecule has 2 saturated heterocycles. The van der Waals surface area contributed by atoms with E-state index in [1.54, 1.807) is 19.1 Å². The smallest absolute Gasteiger partial charge is 0.254 e. The molecule has 0 radical (unpaired) electrons. The van der Waals surface area contributed by atoms with Crippen molar-refractivity contribution in [1.29, 1.82) is 0 Å². The number of aryl methyl sites for hydroxylation is 1. The highest BCUT2D eigenvalue weighted by molar-refractivity contribution is 7.89. The van der Waals surface area contributed by atoms with Gasteiger partial charge in [0.15, 0.2) is 6.10 Å². The number of nitrogens with two attached hydrogens (primary N) is 1. The summed E-state index contributed by atoms with van der Waals surface area (Å²) in [6.45, 7) is 3.33. The van der Waals surface area contributed by atoms with E-state index in [1.165, 1.54) is 15.3 Å². The molecule has 1 aromatic rings. The third kappa shape index (κ3) is 4.15. The van der Waals surface area contributed by atoms with E-state index in [0.717, 1.165) is 19.3 Å². The molecule has 1 aromatic carbocycles. The molecule has 8 nitrogen and oxygen atoms in total. The Kier molecular flexibility index (Phi) is 5.83. The number of nitrogens with zero attached hydrogens (tertiary/aromatic N) is 2. The molecule has 0 saturated carbocycles. The van der Waals surface area contributed by atoms with Gasteiger partial charge < -0.3 is 15.4 Å². The van der Waals surface area contributed by atoms with Crippen LogP contribution >= 0.6 is 0 Å². The number of hydrogen-bond donors (Lipinski definition) is 1. The predicted octanol–water partition coefficient (Wildman–Crippen LogP) is 0.496. The van der Waals surface area contributed by atoms with E-state index in [2.05, 4.69) is 0 Å². The van der Waals surface area contributed by atoms with Gasteiger partial charge in [0.05, 0.1) is 18.0 Å². The number of carbonyl (C=O) groups excluding carboxylic acids is 2. The van der Waals surface area contributed by atoms with Gasteiger partial charge in [0.25, 0.3) is 5.91 Å². The minimum Gasteiger partial charge on any atom is -0.367 e. The quantitative estimate of drug-likeness (QED) is 0.798. The van der Waals surface area contributed by atoms with Crippen molar-refractivity contribution in [3.8, 4) is 0 Å². The Morgan fingerprint density at radius 2 is 1.85 bits per heavy atom. The van der Waals surface area contributed by atoms with Gasteiger partial charge in [0.1, 0.15) is 0 Å². The van der Waals surface area contributed by atoms with E-state index in [1.807, 2.05) is 0 Å². The summed E-state index contributed by atoms with van der Waals surface area (Å²) in [5.74, 6) is -0.954. The third-order valence-corrected chi connectivity index (χ3v) is 7.08. The molecule has 27 heavy (non-hydrogen) atoms. The summed E-state index contributed by atoms with van der Waals surface area (Å²) in [4.78, 5) is 25.8. The van der Waals surface area contributed by atoms with Crippen molar-refractivity contribution < 1.29 is 22.7 Å². The van der Waals surface area contributed by atoms with Gasteiger partial charge in [0, 0.05) is 25.2 Å². The Labute approximate surface area is 159 Å². The van der Waals surface area contributed by atoms with E-state index in [0.29, 0.717) is 25.2 Å². The van der Waals surface area contributed by atoms with Crippen LogP contribution in [0.4, 0.5) is 0 Å². The number of benzene rings is 1. The van der Waals surface area contributed by atoms with E-state index in [9.17, 15) is 18.0 Å². The molecular weight excluding hydrogens is 370 g/mol. The molecule has 0 aliphatic carbocycles. The molecule has 3 rings (SSSR count). The maximum atomic E-state index is 13.0. The maximum Gasteiger partial charge on any atom is 0.254 e. The Morgan fingerprint density at radius 1 is 1.15 bits per heavy atom. The lowest BCUT2D eigenvalue weighted by atomic mass is 10.1. The van der Waals surface area contributed by atoms with Crippen LogP contribution in [0.25, 0.3) is 0 Å². The molecule has 2 N–H and O–H groups in total. The van der Waals surface area contributed by atoms with Gasteiger partial charge in [-0.1, -0.05) is 12.5 Å². The van der Waals surface area contributed by atoms with E-state index in [4.69, 9.17) is 10.5 Å². The van der Waals surface area contributed by atoms with Crippen LogP contribution in [0.15, 0.2) is 23.1 Å². The molecule has 2 heterocycles. The number of amides is 2. The normalized spacial score (nSPS) is 21.8. The molecule has 1 unspecified atom stereocenters. The average molecular weight is 395 g/mol. The molecule has 9 heteroatoms. The Balaban J connectivity index is 1.86. The second-order valence-electron chi connectivity index (χ2n) is 6.96. The summed E-state index contributed by atoms with van der Waals surface area (Å²) < 4.78 is 32.8. The number of rotatable bonds is 4. The minimum atomic E-state index is -3.64. The van der Waals surface area contributed by atoms with E-state index < -0.39 is 22.0 Å². The van der Waals surface area contributed by atoms with Crippen molar-refractivity contribution in [2.75, 3.05) is 32.8 Å². The number of sulfonamides is 1. The predicted molar refractivity (Wildman–Crippen MR) is 98.6 cm³/mol. The molecule has 0 aromatic heterocycles. The molecule has 1 atom stereocenters. The monoisotopic (exact) mass is 395 g/mol. The van der Waals surface area contributed by atoms with Gasteiger partial charge in [-0.3, -0.25) is 9.59 Å². The van der Waals surface area contributed by atoms with Gasteiger partial charge in [-0.25, -0.2) is 8.42 Å². The zero-order valence-corrected chi connectivity index (χ0v) is 16.2. The van der Waals surface area contributed by atoms with Crippen molar-refractivity contribution >= 4 is 21.8 Å². The second kappa shape index (κ2) is 7.95. The lowest BCUT2D eigenvalue weighted by Gasteiger charge is -2.31. The van der Waals surface area contributed by atoms with Gasteiger partial charge in [0.2, 0.25) is 15.9 Å². The van der Waals surface area contributed by atoms with Crippen molar-refractivity contribution in [2.45, 2.75) is 37.2 Å². The van der Waals surface area contributed by atoms with Crippen LogP contribution in [0.5, 0.6) is 0 Å². The lowest BCUT2D eigenvalue weighted by molar-refractivity contribution is -0.133. The molecular formula is C18H25N3O5S. The number of ether oxygens (including phenoxy) is 1. The number of piperidine rings is 1. The first kappa shape index (κ1) is 19.8. The average Bonchev–Trinajstić information content (AvgIpc) is 2.68. The minimum absolute atomic E-state index is 0.0657. The van der Waals surface area contributed by atoms with Crippen molar-refractivity contribution in [3.05, 3.63) is 29.3 Å². The first-order valence-corrected chi connectivity index (χ1v) is 10.6. The molecule has 2 aliphatic rings. The molecule has 148 valence electrons. The van der Waals surface area contributed by atoms with Crippen LogP contribution in [0.3, 0.4) is 0 Å². The van der Waals surface area contributed by atoms with Crippen molar-refractivity contribution in [3.63, 3.8) is 0 Å². The van der Waals surface area contributed by atoms with Gasteiger partial charge in [-0.05, 0) is 37.5 Å². The summed E-state index contributed by atoms with van der Waals surface area (Å²) >= 11 is 0. The third-order valence-electron chi connectivity index (χ3n) is 5.04. The SMILES string of the molecule is Cc1ccc(C(=O)N2CCOC(C(N)=O)C2)cc1S(=O)(=O)N1CCCCC1. The standard InChI is InChI=1S/C18H25N3O5S/c1-13-5-6-14(18(23)20-9-10-26-15(12-20)17(19)22)11-16(13)27(24,25)21-7-3-2-4-8-21/h5-6,11,15H,2-4,7-10,12H2,1H3,(H2,19,22). The molecule has 2 fully saturated rings. The van der Waals surface area contributed by atoms with Crippen LogP contribution < -0.4 is 5.73 Å². The van der Waals surface area contributed by atoms with E-state index >= 15 is 0 Å². The highest BCUT2D eigenvalue weighted by atomic mass is 32.2. The molecule has 2 amide bonds. The Hall–Kier alpha value is -1.97. The van der Waals surface area contributed by atoms with Crippen LogP contribution in [0.1, 0.15) is 35.2 Å². The summed E-state index contributed by atoms with van der Waals surface area (Å²) in [6, 6.07) is 4.70. The van der Waals surface area contributed by atoms with Gasteiger partial charge in [-0.15, -0.1) is 0 Å².